The molecule has 0 aromatic heterocycles. The number of rotatable bonds is 11. The minimum atomic E-state index is -0.732. The monoisotopic (exact) mass is 519 g/mol. The fourth-order valence-electron chi connectivity index (χ4n) is 5.57. The van der Waals surface area contributed by atoms with Crippen molar-refractivity contribution >= 4 is 23.5 Å². The van der Waals surface area contributed by atoms with E-state index in [0.29, 0.717) is 32.4 Å². The van der Waals surface area contributed by atoms with Crippen LogP contribution in [-0.4, -0.2) is 71.9 Å². The number of piperidine rings is 1. The van der Waals surface area contributed by atoms with E-state index in [1.165, 1.54) is 5.56 Å². The van der Waals surface area contributed by atoms with E-state index in [4.69, 9.17) is 0 Å². The van der Waals surface area contributed by atoms with Gasteiger partial charge in [-0.1, -0.05) is 55.5 Å². The average molecular weight is 520 g/mol. The van der Waals surface area contributed by atoms with Gasteiger partial charge >= 0.3 is 6.03 Å². The second kappa shape index (κ2) is 13.4. The molecule has 2 aromatic carbocycles. The second-order valence-corrected chi connectivity index (χ2v) is 10.4. The van der Waals surface area contributed by atoms with E-state index in [1.54, 1.807) is 0 Å². The minimum Gasteiger partial charge on any atom is -0.342 e. The van der Waals surface area contributed by atoms with Crippen LogP contribution in [0.2, 0.25) is 0 Å². The summed E-state index contributed by atoms with van der Waals surface area (Å²) < 4.78 is 0. The summed E-state index contributed by atoms with van der Waals surface area (Å²) in [7, 11) is 0. The number of likely N-dealkylation sites (tertiary alicyclic amines) is 1. The summed E-state index contributed by atoms with van der Waals surface area (Å²) in [6, 6.07) is 19.0. The molecule has 2 heterocycles. The van der Waals surface area contributed by atoms with E-state index in [2.05, 4.69) is 52.0 Å². The lowest BCUT2D eigenvalue weighted by atomic mass is 9.81. The smallest absolute Gasteiger partial charge is 0.319 e. The molecule has 0 unspecified atom stereocenters. The van der Waals surface area contributed by atoms with Crippen molar-refractivity contribution < 1.29 is 14.4 Å². The highest BCUT2D eigenvalue weighted by atomic mass is 16.2. The van der Waals surface area contributed by atoms with E-state index in [-0.39, 0.29) is 17.8 Å². The average Bonchev–Trinajstić information content (AvgIpc) is 2.94. The molecule has 4 rings (SSSR count). The van der Waals surface area contributed by atoms with Crippen LogP contribution in [0, 0.1) is 0 Å². The van der Waals surface area contributed by atoms with Crippen LogP contribution in [0.5, 0.6) is 0 Å². The molecule has 2 saturated heterocycles. The van der Waals surface area contributed by atoms with Gasteiger partial charge in [-0.3, -0.25) is 9.59 Å². The van der Waals surface area contributed by atoms with E-state index in [9.17, 15) is 14.4 Å². The maximum Gasteiger partial charge on any atom is 0.319 e. The molecule has 38 heavy (non-hydrogen) atoms. The third-order valence-corrected chi connectivity index (χ3v) is 7.74. The van der Waals surface area contributed by atoms with E-state index in [0.717, 1.165) is 51.0 Å². The SMILES string of the molecule is CCCN1C(=O)[C@H](CCCCNC(=O)Nc2ccccc2)NC(=O)C12CCN(CCc1ccccc1)CC2. The number of para-hydroxylation sites is 1. The number of benzene rings is 2. The Balaban J connectivity index is 1.23. The highest BCUT2D eigenvalue weighted by Gasteiger charge is 2.52. The summed E-state index contributed by atoms with van der Waals surface area (Å²) in [4.78, 5) is 43.3. The van der Waals surface area contributed by atoms with Gasteiger partial charge in [0.25, 0.3) is 0 Å². The Morgan fingerprint density at radius 1 is 0.974 bits per heavy atom. The number of anilines is 1. The zero-order valence-electron chi connectivity index (χ0n) is 22.5. The van der Waals surface area contributed by atoms with Crippen molar-refractivity contribution in [3.63, 3.8) is 0 Å². The summed E-state index contributed by atoms with van der Waals surface area (Å²) in [6.07, 6.45) is 5.21. The molecule has 2 aliphatic heterocycles. The van der Waals surface area contributed by atoms with Crippen LogP contribution in [0.1, 0.15) is 51.0 Å². The van der Waals surface area contributed by atoms with Crippen molar-refractivity contribution in [3.05, 3.63) is 66.2 Å². The summed E-state index contributed by atoms with van der Waals surface area (Å²) in [5, 5.41) is 8.72. The number of unbranched alkanes of at least 4 members (excludes halogenated alkanes) is 1. The summed E-state index contributed by atoms with van der Waals surface area (Å²) in [5.41, 5.74) is 1.33. The first-order valence-corrected chi connectivity index (χ1v) is 14.0. The highest BCUT2D eigenvalue weighted by Crippen LogP contribution is 2.34. The van der Waals surface area contributed by atoms with Crippen LogP contribution in [0.3, 0.4) is 0 Å². The molecule has 0 bridgehead atoms. The Morgan fingerprint density at radius 2 is 1.66 bits per heavy atom. The first-order chi connectivity index (χ1) is 18.5. The molecule has 2 aromatic rings. The number of hydrogen-bond acceptors (Lipinski definition) is 4. The lowest BCUT2D eigenvalue weighted by Gasteiger charge is -2.51. The second-order valence-electron chi connectivity index (χ2n) is 10.4. The van der Waals surface area contributed by atoms with Crippen LogP contribution in [0.15, 0.2) is 60.7 Å². The van der Waals surface area contributed by atoms with Crippen molar-refractivity contribution in [2.24, 2.45) is 0 Å². The molecule has 2 fully saturated rings. The van der Waals surface area contributed by atoms with Gasteiger partial charge in [-0.15, -0.1) is 0 Å². The number of nitrogens with one attached hydrogen (secondary N) is 3. The Kier molecular flexibility index (Phi) is 9.76. The van der Waals surface area contributed by atoms with Crippen molar-refractivity contribution in [2.45, 2.75) is 63.5 Å². The summed E-state index contributed by atoms with van der Waals surface area (Å²) in [6.45, 7) is 5.76. The third-order valence-electron chi connectivity index (χ3n) is 7.74. The molecular formula is C30H41N5O3. The zero-order valence-corrected chi connectivity index (χ0v) is 22.5. The molecule has 1 spiro atoms. The number of piperazine rings is 1. The van der Waals surface area contributed by atoms with Crippen LogP contribution >= 0.6 is 0 Å². The summed E-state index contributed by atoms with van der Waals surface area (Å²) >= 11 is 0. The maximum atomic E-state index is 13.5. The maximum absolute atomic E-state index is 13.5. The number of hydrogen-bond donors (Lipinski definition) is 3. The molecule has 0 saturated carbocycles. The van der Waals surface area contributed by atoms with Gasteiger partial charge in [-0.25, -0.2) is 4.79 Å². The van der Waals surface area contributed by atoms with Gasteiger partial charge < -0.3 is 25.8 Å². The van der Waals surface area contributed by atoms with Gasteiger partial charge in [0.1, 0.15) is 11.6 Å². The summed E-state index contributed by atoms with van der Waals surface area (Å²) in [5.74, 6) is 0.0394. The largest absolute Gasteiger partial charge is 0.342 e. The molecule has 4 amide bonds. The van der Waals surface area contributed by atoms with Crippen LogP contribution in [-0.2, 0) is 16.0 Å². The third kappa shape index (κ3) is 6.92. The van der Waals surface area contributed by atoms with Gasteiger partial charge in [-0.05, 0) is 62.6 Å². The fourth-order valence-corrected chi connectivity index (χ4v) is 5.57. The molecule has 2 aliphatic rings. The lowest BCUT2D eigenvalue weighted by molar-refractivity contribution is -0.161. The van der Waals surface area contributed by atoms with Crippen molar-refractivity contribution in [1.82, 2.24) is 20.4 Å². The Hall–Kier alpha value is -3.39. The van der Waals surface area contributed by atoms with Gasteiger partial charge in [0, 0.05) is 38.4 Å². The van der Waals surface area contributed by atoms with Gasteiger partial charge in [0.15, 0.2) is 0 Å². The molecule has 0 radical (unpaired) electrons. The molecule has 8 nitrogen and oxygen atoms in total. The molecule has 8 heteroatoms. The zero-order chi connectivity index (χ0) is 26.8. The quantitative estimate of drug-likeness (QED) is 0.394. The van der Waals surface area contributed by atoms with E-state index < -0.39 is 11.6 Å². The van der Waals surface area contributed by atoms with Crippen molar-refractivity contribution in [1.29, 1.82) is 0 Å². The Morgan fingerprint density at radius 3 is 2.34 bits per heavy atom. The molecular weight excluding hydrogens is 478 g/mol. The standard InChI is InChI=1S/C30H41N5O3/c1-2-20-35-27(36)26(15-9-10-19-31-29(38)32-25-13-7-4-8-14-25)33-28(37)30(35)17-22-34(23-18-30)21-16-24-11-5-3-6-12-24/h3-8,11-14,26H,2,9-10,15-23H2,1H3,(H,33,37)(H2,31,32,38)/t26-/m0/s1. The molecule has 0 aliphatic carbocycles. The first kappa shape index (κ1) is 27.6. The first-order valence-electron chi connectivity index (χ1n) is 14.0. The van der Waals surface area contributed by atoms with Gasteiger partial charge in [-0.2, -0.15) is 0 Å². The lowest BCUT2D eigenvalue weighted by Crippen LogP contribution is -2.72. The minimum absolute atomic E-state index is 0.00127. The number of nitrogens with zero attached hydrogens (tertiary/aromatic N) is 2. The van der Waals surface area contributed by atoms with Crippen LogP contribution in [0.4, 0.5) is 10.5 Å². The number of carbonyl (C=O) groups is 3. The van der Waals surface area contributed by atoms with Crippen LogP contribution < -0.4 is 16.0 Å². The Labute approximate surface area is 226 Å². The van der Waals surface area contributed by atoms with Gasteiger partial charge in [0.05, 0.1) is 0 Å². The van der Waals surface area contributed by atoms with Crippen molar-refractivity contribution in [2.75, 3.05) is 38.0 Å². The number of amides is 4. The van der Waals surface area contributed by atoms with E-state index >= 15 is 0 Å². The van der Waals surface area contributed by atoms with Gasteiger partial charge in [0.2, 0.25) is 11.8 Å². The normalized spacial score (nSPS) is 19.3. The van der Waals surface area contributed by atoms with Crippen LogP contribution in [0.25, 0.3) is 0 Å². The molecule has 3 N–H and O–H groups in total. The predicted molar refractivity (Wildman–Crippen MR) is 150 cm³/mol. The van der Waals surface area contributed by atoms with E-state index in [1.807, 2.05) is 41.3 Å². The fraction of sp³-hybridized carbons (Fsp3) is 0.500. The molecule has 1 atom stereocenters. The molecule has 204 valence electrons. The highest BCUT2D eigenvalue weighted by molar-refractivity contribution is 6.00. The topological polar surface area (TPSA) is 93.8 Å². The number of carbonyl (C=O) groups excluding carboxylic acids is 3. The Bertz CT molecular complexity index is 1050. The van der Waals surface area contributed by atoms with Crippen molar-refractivity contribution in [3.8, 4) is 0 Å². The number of urea groups is 1. The predicted octanol–water partition coefficient (Wildman–Crippen LogP) is 3.79.